The molecule has 0 radical (unpaired) electrons. The van der Waals surface area contributed by atoms with Crippen molar-refractivity contribution >= 4 is 0 Å². The van der Waals surface area contributed by atoms with Gasteiger partial charge in [-0.2, -0.15) is 0 Å². The van der Waals surface area contributed by atoms with Crippen LogP contribution in [0.4, 0.5) is 4.39 Å². The molecule has 0 amide bonds. The van der Waals surface area contributed by atoms with Crippen molar-refractivity contribution in [1.29, 1.82) is 0 Å². The number of hydrogen-bond donors (Lipinski definition) is 1. The summed E-state index contributed by atoms with van der Waals surface area (Å²) < 4.78 is 13.2. The largest absolute Gasteiger partial charge is 0.382 e. The van der Waals surface area contributed by atoms with Crippen LogP contribution in [0.2, 0.25) is 0 Å². The summed E-state index contributed by atoms with van der Waals surface area (Å²) in [6, 6.07) is 4.45. The monoisotopic (exact) mass is 232 g/mol. The van der Waals surface area contributed by atoms with Crippen molar-refractivity contribution in [2.45, 2.75) is 20.0 Å². The normalized spacial score (nSPS) is 12.5. The molecule has 0 saturated heterocycles. The third kappa shape index (κ3) is 2.65. The summed E-state index contributed by atoms with van der Waals surface area (Å²) in [5, 5.41) is 10.1. The number of aromatic nitrogens is 2. The first-order chi connectivity index (χ1) is 8.06. The van der Waals surface area contributed by atoms with Crippen LogP contribution in [-0.2, 0) is 0 Å². The number of aliphatic hydroxyl groups excluding tert-OH is 1. The minimum atomic E-state index is -0.947. The summed E-state index contributed by atoms with van der Waals surface area (Å²) in [6.45, 7) is 3.59. The number of rotatable bonds is 2. The van der Waals surface area contributed by atoms with E-state index >= 15 is 0 Å². The topological polar surface area (TPSA) is 46.0 Å². The van der Waals surface area contributed by atoms with Crippen LogP contribution < -0.4 is 0 Å². The van der Waals surface area contributed by atoms with E-state index in [-0.39, 0.29) is 5.82 Å². The molecule has 0 saturated carbocycles. The smallest absolute Gasteiger partial charge is 0.123 e. The van der Waals surface area contributed by atoms with Crippen molar-refractivity contribution in [2.24, 2.45) is 0 Å². The van der Waals surface area contributed by atoms with E-state index in [1.165, 1.54) is 18.3 Å². The number of aliphatic hydroxyl groups is 1. The molecule has 1 unspecified atom stereocenters. The molecule has 0 aliphatic rings. The molecule has 3 nitrogen and oxygen atoms in total. The van der Waals surface area contributed by atoms with E-state index in [0.29, 0.717) is 11.3 Å². The van der Waals surface area contributed by atoms with E-state index in [9.17, 15) is 9.50 Å². The molecule has 1 aromatic heterocycles. The molecule has 2 aromatic rings. The number of aryl methyl sites for hydroxylation is 2. The summed E-state index contributed by atoms with van der Waals surface area (Å²) in [5.74, 6) is -0.362. The molecule has 0 bridgehead atoms. The fourth-order valence-corrected chi connectivity index (χ4v) is 1.64. The Labute approximate surface area is 99.0 Å². The van der Waals surface area contributed by atoms with Gasteiger partial charge >= 0.3 is 0 Å². The SMILES string of the molecule is Cc1cc(F)cc(C(O)c2cnc(C)cn2)c1. The Morgan fingerprint density at radius 1 is 1.12 bits per heavy atom. The van der Waals surface area contributed by atoms with Gasteiger partial charge in [-0.15, -0.1) is 0 Å². The van der Waals surface area contributed by atoms with Crippen molar-refractivity contribution in [3.63, 3.8) is 0 Å². The van der Waals surface area contributed by atoms with E-state index in [4.69, 9.17) is 0 Å². The minimum absolute atomic E-state index is 0.362. The number of benzene rings is 1. The van der Waals surface area contributed by atoms with E-state index in [1.54, 1.807) is 19.2 Å². The second-order valence-corrected chi connectivity index (χ2v) is 4.05. The average Bonchev–Trinajstić information content (AvgIpc) is 2.28. The lowest BCUT2D eigenvalue weighted by atomic mass is 10.0. The molecular formula is C13H13FN2O. The van der Waals surface area contributed by atoms with Gasteiger partial charge in [0.05, 0.1) is 17.6 Å². The Bertz CT molecular complexity index is 505. The van der Waals surface area contributed by atoms with Crippen molar-refractivity contribution in [1.82, 2.24) is 9.97 Å². The van der Waals surface area contributed by atoms with Gasteiger partial charge in [0.1, 0.15) is 11.9 Å². The molecule has 1 heterocycles. The van der Waals surface area contributed by atoms with Crippen LogP contribution in [0.5, 0.6) is 0 Å². The molecule has 4 heteroatoms. The third-order valence-corrected chi connectivity index (χ3v) is 2.46. The lowest BCUT2D eigenvalue weighted by Gasteiger charge is -2.11. The molecular weight excluding hydrogens is 219 g/mol. The molecule has 88 valence electrons. The zero-order valence-corrected chi connectivity index (χ0v) is 9.68. The number of nitrogens with zero attached hydrogens (tertiary/aromatic N) is 2. The maximum absolute atomic E-state index is 13.2. The highest BCUT2D eigenvalue weighted by Gasteiger charge is 2.13. The predicted molar refractivity (Wildman–Crippen MR) is 62.0 cm³/mol. The average molecular weight is 232 g/mol. The standard InChI is InChI=1S/C13H13FN2O/c1-8-3-10(5-11(14)4-8)13(17)12-7-15-9(2)6-16-12/h3-7,13,17H,1-2H3. The van der Waals surface area contributed by atoms with Crippen LogP contribution in [0.3, 0.4) is 0 Å². The van der Waals surface area contributed by atoms with Gasteiger partial charge in [-0.3, -0.25) is 9.97 Å². The van der Waals surface area contributed by atoms with Crippen molar-refractivity contribution in [3.05, 3.63) is 58.9 Å². The van der Waals surface area contributed by atoms with Gasteiger partial charge in [0, 0.05) is 6.20 Å². The van der Waals surface area contributed by atoms with Crippen molar-refractivity contribution in [2.75, 3.05) is 0 Å². The maximum atomic E-state index is 13.2. The van der Waals surface area contributed by atoms with Crippen LogP contribution in [0.1, 0.15) is 28.6 Å². The fraction of sp³-hybridized carbons (Fsp3) is 0.231. The van der Waals surface area contributed by atoms with Gasteiger partial charge < -0.3 is 5.11 Å². The highest BCUT2D eigenvalue weighted by atomic mass is 19.1. The second-order valence-electron chi connectivity index (χ2n) is 4.05. The van der Waals surface area contributed by atoms with E-state index in [0.717, 1.165) is 11.3 Å². The Hall–Kier alpha value is -1.81. The Morgan fingerprint density at radius 3 is 2.47 bits per heavy atom. The Balaban J connectivity index is 2.36. The van der Waals surface area contributed by atoms with E-state index < -0.39 is 6.10 Å². The van der Waals surface area contributed by atoms with Gasteiger partial charge in [-0.1, -0.05) is 6.07 Å². The summed E-state index contributed by atoms with van der Waals surface area (Å²) in [4.78, 5) is 8.13. The van der Waals surface area contributed by atoms with Crippen LogP contribution in [0.25, 0.3) is 0 Å². The van der Waals surface area contributed by atoms with Crippen molar-refractivity contribution in [3.8, 4) is 0 Å². The molecule has 0 spiro atoms. The maximum Gasteiger partial charge on any atom is 0.123 e. The molecule has 0 aliphatic carbocycles. The first-order valence-electron chi connectivity index (χ1n) is 5.30. The molecule has 17 heavy (non-hydrogen) atoms. The molecule has 0 fully saturated rings. The summed E-state index contributed by atoms with van der Waals surface area (Å²) in [6.07, 6.45) is 2.13. The molecule has 0 aliphatic heterocycles. The lowest BCUT2D eigenvalue weighted by molar-refractivity contribution is 0.214. The summed E-state index contributed by atoms with van der Waals surface area (Å²) in [5.41, 5.74) is 2.44. The van der Waals surface area contributed by atoms with E-state index in [1.807, 2.05) is 6.92 Å². The number of hydrogen-bond acceptors (Lipinski definition) is 3. The second kappa shape index (κ2) is 4.59. The van der Waals surface area contributed by atoms with Gasteiger partial charge in [0.15, 0.2) is 0 Å². The van der Waals surface area contributed by atoms with Crippen LogP contribution >= 0.6 is 0 Å². The number of halogens is 1. The van der Waals surface area contributed by atoms with Gasteiger partial charge in [0.25, 0.3) is 0 Å². The van der Waals surface area contributed by atoms with Crippen LogP contribution in [0.15, 0.2) is 30.6 Å². The van der Waals surface area contributed by atoms with E-state index in [2.05, 4.69) is 9.97 Å². The van der Waals surface area contributed by atoms with Crippen LogP contribution in [0, 0.1) is 19.7 Å². The quantitative estimate of drug-likeness (QED) is 0.864. The Morgan fingerprint density at radius 2 is 1.88 bits per heavy atom. The van der Waals surface area contributed by atoms with Crippen LogP contribution in [-0.4, -0.2) is 15.1 Å². The lowest BCUT2D eigenvalue weighted by Crippen LogP contribution is -2.04. The molecule has 2 rings (SSSR count). The summed E-state index contributed by atoms with van der Waals surface area (Å²) >= 11 is 0. The molecule has 1 N–H and O–H groups in total. The molecule has 1 aromatic carbocycles. The molecule has 1 atom stereocenters. The highest BCUT2D eigenvalue weighted by molar-refractivity contribution is 5.29. The third-order valence-electron chi connectivity index (χ3n) is 2.46. The zero-order chi connectivity index (χ0) is 12.4. The van der Waals surface area contributed by atoms with Crippen molar-refractivity contribution < 1.29 is 9.50 Å². The minimum Gasteiger partial charge on any atom is -0.382 e. The van der Waals surface area contributed by atoms with Gasteiger partial charge in [-0.25, -0.2) is 4.39 Å². The highest BCUT2D eigenvalue weighted by Crippen LogP contribution is 2.21. The first kappa shape index (κ1) is 11.7. The van der Waals surface area contributed by atoms with Gasteiger partial charge in [-0.05, 0) is 37.1 Å². The van der Waals surface area contributed by atoms with Gasteiger partial charge in [0.2, 0.25) is 0 Å². The fourth-order valence-electron chi connectivity index (χ4n) is 1.64. The Kier molecular flexibility index (Phi) is 3.15. The first-order valence-corrected chi connectivity index (χ1v) is 5.30. The summed E-state index contributed by atoms with van der Waals surface area (Å²) in [7, 11) is 0. The zero-order valence-electron chi connectivity index (χ0n) is 9.68. The predicted octanol–water partition coefficient (Wildman–Crippen LogP) is 2.31.